The van der Waals surface area contributed by atoms with Crippen molar-refractivity contribution in [3.63, 3.8) is 0 Å². The minimum Gasteiger partial charge on any atom is -0.508 e. The Bertz CT molecular complexity index is 669. The monoisotopic (exact) mass is 348 g/mol. The number of carbonyl (C=O) groups is 1. The molecule has 0 atom stereocenters. The number of rotatable bonds is 4. The third-order valence-corrected chi connectivity index (χ3v) is 3.38. The molecule has 0 aliphatic carbocycles. The van der Waals surface area contributed by atoms with Crippen molar-refractivity contribution in [2.75, 3.05) is 7.11 Å². The zero-order chi connectivity index (χ0) is 15.2. The molecule has 0 unspecified atom stereocenters. The molecule has 6 heteroatoms. The SMILES string of the molecule is COc1ccc(Br)c(C(=O)N/N=C\c2ccc(O)cc2)c1. The minimum absolute atomic E-state index is 0.177. The lowest BCUT2D eigenvalue weighted by molar-refractivity contribution is 0.0954. The van der Waals surface area contributed by atoms with Gasteiger partial charge < -0.3 is 9.84 Å². The molecule has 0 aliphatic rings. The molecule has 5 nitrogen and oxygen atoms in total. The van der Waals surface area contributed by atoms with E-state index in [2.05, 4.69) is 26.5 Å². The van der Waals surface area contributed by atoms with Gasteiger partial charge in [0.15, 0.2) is 0 Å². The second kappa shape index (κ2) is 6.90. The number of methoxy groups -OCH3 is 1. The molecule has 1 amide bonds. The van der Waals surface area contributed by atoms with E-state index in [1.54, 1.807) is 42.5 Å². The van der Waals surface area contributed by atoms with Crippen molar-refractivity contribution in [2.45, 2.75) is 0 Å². The Balaban J connectivity index is 2.06. The molecule has 21 heavy (non-hydrogen) atoms. The summed E-state index contributed by atoms with van der Waals surface area (Å²) in [6, 6.07) is 11.6. The molecule has 0 heterocycles. The first kappa shape index (κ1) is 15.1. The number of halogens is 1. The molecular formula is C15H13BrN2O3. The highest BCUT2D eigenvalue weighted by Gasteiger charge is 2.10. The lowest BCUT2D eigenvalue weighted by atomic mass is 10.2. The predicted octanol–water partition coefficient (Wildman–Crippen LogP) is 2.93. The Hall–Kier alpha value is -2.34. The van der Waals surface area contributed by atoms with Gasteiger partial charge in [0, 0.05) is 4.47 Å². The van der Waals surface area contributed by atoms with Crippen LogP contribution in [0.25, 0.3) is 0 Å². The summed E-state index contributed by atoms with van der Waals surface area (Å²) < 4.78 is 5.74. The summed E-state index contributed by atoms with van der Waals surface area (Å²) in [6.07, 6.45) is 1.49. The number of benzene rings is 2. The van der Waals surface area contributed by atoms with Gasteiger partial charge >= 0.3 is 0 Å². The van der Waals surface area contributed by atoms with Gasteiger partial charge in [0.1, 0.15) is 11.5 Å². The van der Waals surface area contributed by atoms with Crippen LogP contribution in [-0.2, 0) is 0 Å². The van der Waals surface area contributed by atoms with Gasteiger partial charge in [0.05, 0.1) is 18.9 Å². The second-order valence-corrected chi connectivity index (χ2v) is 4.99. The van der Waals surface area contributed by atoms with Crippen LogP contribution in [0, 0.1) is 0 Å². The van der Waals surface area contributed by atoms with Gasteiger partial charge in [-0.3, -0.25) is 4.79 Å². The highest BCUT2D eigenvalue weighted by Crippen LogP contribution is 2.22. The van der Waals surface area contributed by atoms with E-state index in [4.69, 9.17) is 9.84 Å². The van der Waals surface area contributed by atoms with Crippen molar-refractivity contribution < 1.29 is 14.6 Å². The quantitative estimate of drug-likeness (QED) is 0.659. The fourth-order valence-electron chi connectivity index (χ4n) is 1.59. The van der Waals surface area contributed by atoms with E-state index >= 15 is 0 Å². The van der Waals surface area contributed by atoms with Gasteiger partial charge in [-0.2, -0.15) is 5.10 Å². The number of phenolic OH excluding ortho intramolecular Hbond substituents is 1. The van der Waals surface area contributed by atoms with E-state index in [0.29, 0.717) is 15.8 Å². The van der Waals surface area contributed by atoms with Crippen LogP contribution in [-0.4, -0.2) is 24.3 Å². The van der Waals surface area contributed by atoms with Gasteiger partial charge in [-0.25, -0.2) is 5.43 Å². The van der Waals surface area contributed by atoms with Crippen LogP contribution in [0.2, 0.25) is 0 Å². The minimum atomic E-state index is -0.351. The summed E-state index contributed by atoms with van der Waals surface area (Å²) >= 11 is 3.31. The van der Waals surface area contributed by atoms with Gasteiger partial charge in [0.25, 0.3) is 5.91 Å². The molecule has 0 aromatic heterocycles. The van der Waals surface area contributed by atoms with Crippen LogP contribution in [0.5, 0.6) is 11.5 Å². The maximum atomic E-state index is 12.0. The molecule has 0 spiro atoms. The predicted molar refractivity (Wildman–Crippen MR) is 83.9 cm³/mol. The Kier molecular flexibility index (Phi) is 4.94. The summed E-state index contributed by atoms with van der Waals surface area (Å²) in [5.74, 6) is 0.415. The average molecular weight is 349 g/mol. The molecule has 108 valence electrons. The Morgan fingerprint density at radius 2 is 2.00 bits per heavy atom. The molecule has 2 N–H and O–H groups in total. The zero-order valence-electron chi connectivity index (χ0n) is 11.2. The summed E-state index contributed by atoms with van der Waals surface area (Å²) in [4.78, 5) is 12.0. The number of carbonyl (C=O) groups excluding carboxylic acids is 1. The molecule has 0 saturated carbocycles. The Morgan fingerprint density at radius 3 is 2.67 bits per heavy atom. The van der Waals surface area contributed by atoms with E-state index < -0.39 is 0 Å². The van der Waals surface area contributed by atoms with Crippen LogP contribution in [0.1, 0.15) is 15.9 Å². The first-order chi connectivity index (χ1) is 10.1. The zero-order valence-corrected chi connectivity index (χ0v) is 12.8. The number of amides is 1. The smallest absolute Gasteiger partial charge is 0.272 e. The maximum Gasteiger partial charge on any atom is 0.272 e. The number of aromatic hydroxyl groups is 1. The number of phenols is 1. The first-order valence-electron chi connectivity index (χ1n) is 6.06. The Morgan fingerprint density at radius 1 is 1.29 bits per heavy atom. The number of nitrogens with one attached hydrogen (secondary N) is 1. The van der Waals surface area contributed by atoms with Crippen molar-refractivity contribution in [3.05, 3.63) is 58.1 Å². The molecule has 2 aromatic rings. The molecule has 2 rings (SSSR count). The third kappa shape index (κ3) is 4.06. The lowest BCUT2D eigenvalue weighted by Crippen LogP contribution is -2.18. The maximum absolute atomic E-state index is 12.0. The standard InChI is InChI=1S/C15H13BrN2O3/c1-21-12-6-7-14(16)13(8-12)15(20)18-17-9-10-2-4-11(19)5-3-10/h2-9,19H,1H3,(H,18,20)/b17-9-. The van der Waals surface area contributed by atoms with Gasteiger partial charge in [-0.05, 0) is 64.0 Å². The van der Waals surface area contributed by atoms with E-state index in [1.165, 1.54) is 13.3 Å². The molecule has 0 radical (unpaired) electrons. The number of hydrazone groups is 1. The van der Waals surface area contributed by atoms with E-state index in [-0.39, 0.29) is 11.7 Å². The Labute approximate surface area is 130 Å². The van der Waals surface area contributed by atoms with E-state index in [1.807, 2.05) is 0 Å². The highest BCUT2D eigenvalue weighted by atomic mass is 79.9. The van der Waals surface area contributed by atoms with Crippen LogP contribution in [0.15, 0.2) is 52.0 Å². The van der Waals surface area contributed by atoms with Crippen LogP contribution in [0.3, 0.4) is 0 Å². The van der Waals surface area contributed by atoms with Gasteiger partial charge in [-0.15, -0.1) is 0 Å². The fraction of sp³-hybridized carbons (Fsp3) is 0.0667. The van der Waals surface area contributed by atoms with Crippen molar-refractivity contribution in [2.24, 2.45) is 5.10 Å². The second-order valence-electron chi connectivity index (χ2n) is 4.14. The third-order valence-electron chi connectivity index (χ3n) is 2.69. The van der Waals surface area contributed by atoms with Crippen LogP contribution < -0.4 is 10.2 Å². The molecular weight excluding hydrogens is 336 g/mol. The number of ether oxygens (including phenoxy) is 1. The summed E-state index contributed by atoms with van der Waals surface area (Å²) in [6.45, 7) is 0. The molecule has 0 fully saturated rings. The highest BCUT2D eigenvalue weighted by molar-refractivity contribution is 9.10. The normalized spacial score (nSPS) is 10.6. The fourth-order valence-corrected chi connectivity index (χ4v) is 2.02. The summed E-state index contributed by atoms with van der Waals surface area (Å²) in [5, 5.41) is 13.0. The molecule has 0 aliphatic heterocycles. The first-order valence-corrected chi connectivity index (χ1v) is 6.85. The van der Waals surface area contributed by atoms with Gasteiger partial charge in [-0.1, -0.05) is 0 Å². The van der Waals surface area contributed by atoms with Crippen molar-refractivity contribution in [1.82, 2.24) is 5.43 Å². The summed E-state index contributed by atoms with van der Waals surface area (Å²) in [5.41, 5.74) is 3.63. The van der Waals surface area contributed by atoms with Gasteiger partial charge in [0.2, 0.25) is 0 Å². The molecule has 0 bridgehead atoms. The van der Waals surface area contributed by atoms with E-state index in [9.17, 15) is 4.79 Å². The molecule has 0 saturated heterocycles. The summed E-state index contributed by atoms with van der Waals surface area (Å²) in [7, 11) is 1.54. The average Bonchev–Trinajstić information content (AvgIpc) is 2.49. The van der Waals surface area contributed by atoms with Crippen LogP contribution >= 0.6 is 15.9 Å². The van der Waals surface area contributed by atoms with E-state index in [0.717, 1.165) is 5.56 Å². The topological polar surface area (TPSA) is 70.9 Å². The lowest BCUT2D eigenvalue weighted by Gasteiger charge is -2.05. The molecule has 2 aromatic carbocycles. The number of hydrogen-bond donors (Lipinski definition) is 2. The van der Waals surface area contributed by atoms with Crippen LogP contribution in [0.4, 0.5) is 0 Å². The van der Waals surface area contributed by atoms with Crippen molar-refractivity contribution >= 4 is 28.1 Å². The van der Waals surface area contributed by atoms with Crippen molar-refractivity contribution in [3.8, 4) is 11.5 Å². The number of hydrogen-bond acceptors (Lipinski definition) is 4. The largest absolute Gasteiger partial charge is 0.508 e. The number of nitrogens with zero attached hydrogens (tertiary/aromatic N) is 1. The van der Waals surface area contributed by atoms with Crippen molar-refractivity contribution in [1.29, 1.82) is 0 Å².